The summed E-state index contributed by atoms with van der Waals surface area (Å²) in [5, 5.41) is 16.6. The van der Waals surface area contributed by atoms with Crippen LogP contribution in [0.5, 0.6) is 11.5 Å². The second-order valence-corrected chi connectivity index (χ2v) is 4.26. The predicted octanol–water partition coefficient (Wildman–Crippen LogP) is -3.32. The SMILES string of the molecule is O=C(O)COOCC(=O)Oc1cccc(OC(=O)COOCC(=O)O)c1.[H-].[Na+]. The van der Waals surface area contributed by atoms with Gasteiger partial charge in [-0.15, -0.1) is 0 Å². The summed E-state index contributed by atoms with van der Waals surface area (Å²) in [6, 6.07) is 5.42. The van der Waals surface area contributed by atoms with Crippen LogP contribution in [0.2, 0.25) is 0 Å². The van der Waals surface area contributed by atoms with Crippen molar-refractivity contribution in [2.75, 3.05) is 26.4 Å². The molecule has 0 aromatic heterocycles. The fraction of sp³-hybridized carbons (Fsp3) is 0.286. The van der Waals surface area contributed by atoms with Crippen LogP contribution in [0.1, 0.15) is 1.43 Å². The van der Waals surface area contributed by atoms with E-state index in [2.05, 4.69) is 19.6 Å². The maximum Gasteiger partial charge on any atom is 1.00 e. The van der Waals surface area contributed by atoms with E-state index in [1.807, 2.05) is 0 Å². The molecule has 0 saturated heterocycles. The summed E-state index contributed by atoms with van der Waals surface area (Å²) < 4.78 is 9.73. The first kappa shape index (κ1) is 24.9. The van der Waals surface area contributed by atoms with Gasteiger partial charge in [0.25, 0.3) is 0 Å². The smallest absolute Gasteiger partial charge is 1.00 e. The molecule has 27 heavy (non-hydrogen) atoms. The van der Waals surface area contributed by atoms with E-state index in [9.17, 15) is 19.2 Å². The molecule has 0 bridgehead atoms. The van der Waals surface area contributed by atoms with Crippen LogP contribution >= 0.6 is 0 Å². The molecule has 1 aromatic rings. The van der Waals surface area contributed by atoms with Crippen molar-refractivity contribution in [1.29, 1.82) is 0 Å². The van der Waals surface area contributed by atoms with Gasteiger partial charge in [0.2, 0.25) is 0 Å². The Morgan fingerprint density at radius 3 is 1.48 bits per heavy atom. The minimum atomic E-state index is -1.27. The standard InChI is InChI=1S/C14H14O12.Na.H/c15-11(16)5-21-23-7-13(19)25-9-2-1-3-10(4-9)26-14(20)8-24-22-6-12(17)18;;/h1-4H,5-8H2,(H,15,16)(H,17,18);;/q;+1;-1. The number of esters is 2. The summed E-state index contributed by atoms with van der Waals surface area (Å²) >= 11 is 0. The number of hydrogen-bond acceptors (Lipinski definition) is 10. The Hall–Kier alpha value is -2.06. The number of benzene rings is 1. The largest absolute Gasteiger partial charge is 1.00 e. The molecule has 0 saturated carbocycles. The fourth-order valence-electron chi connectivity index (χ4n) is 1.29. The van der Waals surface area contributed by atoms with Crippen LogP contribution in [0.3, 0.4) is 0 Å². The van der Waals surface area contributed by atoms with Crippen LogP contribution in [-0.2, 0) is 38.7 Å². The van der Waals surface area contributed by atoms with Gasteiger partial charge in [-0.3, -0.25) is 0 Å². The minimum absolute atomic E-state index is 0. The van der Waals surface area contributed by atoms with Crippen molar-refractivity contribution in [1.82, 2.24) is 0 Å². The van der Waals surface area contributed by atoms with E-state index < -0.39 is 50.3 Å². The summed E-state index contributed by atoms with van der Waals surface area (Å²) in [4.78, 5) is 60.3. The second kappa shape index (κ2) is 14.1. The first-order valence-corrected chi connectivity index (χ1v) is 6.80. The Kier molecular flexibility index (Phi) is 13.0. The molecular formula is C14H15NaO12. The first-order valence-electron chi connectivity index (χ1n) is 6.80. The fourth-order valence-corrected chi connectivity index (χ4v) is 1.29. The quantitative estimate of drug-likeness (QED) is 0.0900. The molecule has 1 aromatic carbocycles. The summed E-state index contributed by atoms with van der Waals surface area (Å²) in [7, 11) is 0. The predicted molar refractivity (Wildman–Crippen MR) is 77.9 cm³/mol. The van der Waals surface area contributed by atoms with Crippen molar-refractivity contribution in [2.24, 2.45) is 0 Å². The molecule has 12 nitrogen and oxygen atoms in total. The topological polar surface area (TPSA) is 164 Å². The van der Waals surface area contributed by atoms with Crippen molar-refractivity contribution in [3.8, 4) is 11.5 Å². The third-order valence-corrected chi connectivity index (χ3v) is 2.15. The van der Waals surface area contributed by atoms with E-state index in [4.69, 9.17) is 19.7 Å². The van der Waals surface area contributed by atoms with Gasteiger partial charge in [0.05, 0.1) is 0 Å². The number of carbonyl (C=O) groups excluding carboxylic acids is 2. The molecule has 0 heterocycles. The maximum atomic E-state index is 11.5. The molecule has 0 aliphatic heterocycles. The molecule has 13 heteroatoms. The molecule has 2 N–H and O–H groups in total. The number of carbonyl (C=O) groups is 4. The Labute approximate surface area is 175 Å². The number of carboxylic acid groups (broad SMARTS) is 2. The van der Waals surface area contributed by atoms with Crippen molar-refractivity contribution >= 4 is 23.9 Å². The number of ether oxygens (including phenoxy) is 2. The zero-order valence-electron chi connectivity index (χ0n) is 15.1. The molecule has 144 valence electrons. The Morgan fingerprint density at radius 2 is 1.11 bits per heavy atom. The van der Waals surface area contributed by atoms with Gasteiger partial charge in [0.15, 0.2) is 26.4 Å². The molecule has 0 spiro atoms. The van der Waals surface area contributed by atoms with E-state index in [0.717, 1.165) is 0 Å². The number of rotatable bonds is 12. The van der Waals surface area contributed by atoms with Crippen LogP contribution in [-0.4, -0.2) is 60.5 Å². The van der Waals surface area contributed by atoms with Gasteiger partial charge in [-0.2, -0.15) is 0 Å². The molecule has 0 aliphatic carbocycles. The van der Waals surface area contributed by atoms with Crippen molar-refractivity contribution in [2.45, 2.75) is 0 Å². The molecule has 0 amide bonds. The summed E-state index contributed by atoms with van der Waals surface area (Å²) in [5.41, 5.74) is 0. The molecular weight excluding hydrogens is 383 g/mol. The van der Waals surface area contributed by atoms with Crippen LogP contribution in [0, 0.1) is 0 Å². The molecule has 0 fully saturated rings. The van der Waals surface area contributed by atoms with E-state index >= 15 is 0 Å². The summed E-state index contributed by atoms with van der Waals surface area (Å²) in [6.45, 7) is -2.80. The zero-order chi connectivity index (χ0) is 19.4. The van der Waals surface area contributed by atoms with E-state index in [1.54, 1.807) is 0 Å². The van der Waals surface area contributed by atoms with Gasteiger partial charge in [-0.25, -0.2) is 38.7 Å². The monoisotopic (exact) mass is 398 g/mol. The molecule has 0 radical (unpaired) electrons. The van der Waals surface area contributed by atoms with Crippen LogP contribution in [0.4, 0.5) is 0 Å². The molecule has 0 aliphatic rings. The average molecular weight is 398 g/mol. The summed E-state index contributed by atoms with van der Waals surface area (Å²) in [5.74, 6) is -4.28. The van der Waals surface area contributed by atoms with E-state index in [0.29, 0.717) is 0 Å². The number of carboxylic acids is 2. The Bertz CT molecular complexity index is 602. The van der Waals surface area contributed by atoms with Gasteiger partial charge in [0, 0.05) is 6.07 Å². The van der Waals surface area contributed by atoms with Gasteiger partial charge in [-0.05, 0) is 12.1 Å². The van der Waals surface area contributed by atoms with Gasteiger partial charge >= 0.3 is 53.4 Å². The Balaban J connectivity index is 0. The van der Waals surface area contributed by atoms with E-state index in [1.165, 1.54) is 24.3 Å². The van der Waals surface area contributed by atoms with Crippen LogP contribution in [0.25, 0.3) is 0 Å². The maximum absolute atomic E-state index is 11.5. The van der Waals surface area contributed by atoms with Crippen molar-refractivity contribution in [3.63, 3.8) is 0 Å². The molecule has 0 unspecified atom stereocenters. The van der Waals surface area contributed by atoms with Gasteiger partial charge in [0.1, 0.15) is 11.5 Å². The third kappa shape index (κ3) is 12.9. The van der Waals surface area contributed by atoms with Crippen LogP contribution < -0.4 is 39.0 Å². The molecule has 0 atom stereocenters. The van der Waals surface area contributed by atoms with Gasteiger partial charge < -0.3 is 21.1 Å². The Morgan fingerprint density at radius 1 is 0.741 bits per heavy atom. The normalized spacial score (nSPS) is 9.78. The minimum Gasteiger partial charge on any atom is -1.00 e. The van der Waals surface area contributed by atoms with E-state index in [-0.39, 0.29) is 42.5 Å². The molecule has 1 rings (SSSR count). The number of hydrogen-bond donors (Lipinski definition) is 2. The first-order chi connectivity index (χ1) is 12.4. The van der Waals surface area contributed by atoms with Crippen LogP contribution in [0.15, 0.2) is 24.3 Å². The summed E-state index contributed by atoms with van der Waals surface area (Å²) in [6.07, 6.45) is 0. The van der Waals surface area contributed by atoms with Crippen molar-refractivity contribution < 1.29 is 89.4 Å². The van der Waals surface area contributed by atoms with Gasteiger partial charge in [-0.1, -0.05) is 6.07 Å². The van der Waals surface area contributed by atoms with Crippen molar-refractivity contribution in [3.05, 3.63) is 24.3 Å². The third-order valence-electron chi connectivity index (χ3n) is 2.15. The second-order valence-electron chi connectivity index (χ2n) is 4.26. The number of aliphatic carboxylic acids is 2. The average Bonchev–Trinajstić information content (AvgIpc) is 2.55. The zero-order valence-corrected chi connectivity index (χ0v) is 16.1.